The highest BCUT2D eigenvalue weighted by atomic mass is 28.3. The molecule has 0 aromatic carbocycles. The smallest absolute Gasteiger partial charge is 0.266 e. The molecule has 3 heteroatoms. The minimum Gasteiger partial charge on any atom is -0.486 e. The maximum atomic E-state index is 9.74. The number of hydrogen-bond acceptors (Lipinski definition) is 1. The van der Waals surface area contributed by atoms with E-state index in [2.05, 4.69) is 0 Å². The standard InChI is InChI=1S/C3H7O2Si/c1-6(2)3(4)5/h1-2H3,(H,4,5). The minimum atomic E-state index is -1.03. The Hall–Kier alpha value is -0.313. The average molecular weight is 103 g/mol. The van der Waals surface area contributed by atoms with Crippen LogP contribution in [-0.2, 0) is 0 Å². The number of hydrogen-bond donors (Lipinski definition) is 1. The van der Waals surface area contributed by atoms with Crippen molar-refractivity contribution in [3.8, 4) is 0 Å². The van der Waals surface area contributed by atoms with Crippen LogP contribution in [0.5, 0.6) is 0 Å². The van der Waals surface area contributed by atoms with Crippen LogP contribution in [0.2, 0.25) is 13.1 Å². The minimum absolute atomic E-state index is 0.639. The molecule has 0 aliphatic heterocycles. The summed E-state index contributed by atoms with van der Waals surface area (Å²) in [6, 6.07) is 0. The summed E-state index contributed by atoms with van der Waals surface area (Å²) in [5.41, 5.74) is -0.639. The van der Waals surface area contributed by atoms with Gasteiger partial charge < -0.3 is 5.11 Å². The van der Waals surface area contributed by atoms with Gasteiger partial charge in [-0.3, -0.25) is 4.79 Å². The quantitative estimate of drug-likeness (QED) is 0.503. The van der Waals surface area contributed by atoms with Crippen molar-refractivity contribution in [1.82, 2.24) is 0 Å². The lowest BCUT2D eigenvalue weighted by molar-refractivity contribution is 0.219. The van der Waals surface area contributed by atoms with Crippen LogP contribution in [0.15, 0.2) is 0 Å². The van der Waals surface area contributed by atoms with Crippen molar-refractivity contribution in [2.24, 2.45) is 0 Å². The van der Waals surface area contributed by atoms with Crippen LogP contribution in [0.4, 0.5) is 4.79 Å². The summed E-state index contributed by atoms with van der Waals surface area (Å²) < 4.78 is 0. The highest BCUT2D eigenvalue weighted by molar-refractivity contribution is 6.86. The third kappa shape index (κ3) is 1.96. The van der Waals surface area contributed by atoms with E-state index < -0.39 is 14.4 Å². The Kier molecular flexibility index (Phi) is 1.87. The maximum Gasteiger partial charge on any atom is 0.266 e. The first-order chi connectivity index (χ1) is 2.64. The van der Waals surface area contributed by atoms with E-state index in [0.29, 0.717) is 0 Å². The van der Waals surface area contributed by atoms with Crippen LogP contribution in [0, 0.1) is 0 Å². The van der Waals surface area contributed by atoms with Gasteiger partial charge in [0.1, 0.15) is 0 Å². The molecular formula is C3H7O2Si. The average Bonchev–Trinajstić information content (AvgIpc) is 1.36. The SMILES string of the molecule is C[Si](C)C(=O)O. The van der Waals surface area contributed by atoms with E-state index in [-0.39, 0.29) is 0 Å². The Morgan fingerprint density at radius 3 is 1.83 bits per heavy atom. The van der Waals surface area contributed by atoms with Crippen LogP contribution < -0.4 is 0 Å². The molecule has 0 saturated heterocycles. The number of carbonyl (C=O) groups is 1. The lowest BCUT2D eigenvalue weighted by Crippen LogP contribution is -2.13. The van der Waals surface area contributed by atoms with Crippen LogP contribution in [0.1, 0.15) is 0 Å². The molecule has 0 atom stereocenters. The van der Waals surface area contributed by atoms with Gasteiger partial charge in [0.25, 0.3) is 5.59 Å². The van der Waals surface area contributed by atoms with E-state index in [1.54, 1.807) is 13.1 Å². The zero-order valence-corrected chi connectivity index (χ0v) is 4.86. The van der Waals surface area contributed by atoms with E-state index in [4.69, 9.17) is 5.11 Å². The first-order valence-corrected chi connectivity index (χ1v) is 4.18. The summed E-state index contributed by atoms with van der Waals surface area (Å²) in [6.07, 6.45) is 0. The van der Waals surface area contributed by atoms with E-state index in [1.165, 1.54) is 0 Å². The molecule has 0 aliphatic carbocycles. The molecule has 0 aromatic heterocycles. The maximum absolute atomic E-state index is 9.74. The van der Waals surface area contributed by atoms with Gasteiger partial charge in [-0.1, -0.05) is 13.1 Å². The van der Waals surface area contributed by atoms with Gasteiger partial charge in [0.2, 0.25) is 0 Å². The fourth-order valence-electron chi connectivity index (χ4n) is 0. The van der Waals surface area contributed by atoms with Crippen molar-refractivity contribution in [3.63, 3.8) is 0 Å². The largest absolute Gasteiger partial charge is 0.486 e. The Morgan fingerprint density at radius 1 is 1.67 bits per heavy atom. The number of carboxylic acid groups (broad SMARTS) is 1. The van der Waals surface area contributed by atoms with E-state index in [0.717, 1.165) is 0 Å². The molecule has 0 aliphatic rings. The summed E-state index contributed by atoms with van der Waals surface area (Å²) in [7, 11) is -1.03. The van der Waals surface area contributed by atoms with Gasteiger partial charge >= 0.3 is 0 Å². The lowest BCUT2D eigenvalue weighted by Gasteiger charge is -1.86. The molecule has 0 heterocycles. The predicted molar refractivity (Wildman–Crippen MR) is 25.5 cm³/mol. The van der Waals surface area contributed by atoms with Crippen molar-refractivity contribution in [2.75, 3.05) is 0 Å². The fourth-order valence-corrected chi connectivity index (χ4v) is 0. The Bertz CT molecular complexity index is 59.8. The summed E-state index contributed by atoms with van der Waals surface area (Å²) >= 11 is 0. The fraction of sp³-hybridized carbons (Fsp3) is 0.667. The molecule has 0 fully saturated rings. The Morgan fingerprint density at radius 2 is 1.83 bits per heavy atom. The van der Waals surface area contributed by atoms with Crippen molar-refractivity contribution < 1.29 is 9.90 Å². The third-order valence-electron chi connectivity index (χ3n) is 0.428. The lowest BCUT2D eigenvalue weighted by atomic mass is 11.6. The second-order valence-corrected chi connectivity index (χ2v) is 3.73. The Balaban J connectivity index is 3.26. The van der Waals surface area contributed by atoms with E-state index in [1.807, 2.05) is 0 Å². The molecule has 1 radical (unpaired) electrons. The van der Waals surface area contributed by atoms with Gasteiger partial charge in [-0.15, -0.1) is 0 Å². The molecule has 6 heavy (non-hydrogen) atoms. The van der Waals surface area contributed by atoms with Crippen molar-refractivity contribution in [3.05, 3.63) is 0 Å². The second-order valence-electron chi connectivity index (χ2n) is 1.31. The molecule has 1 N–H and O–H groups in total. The van der Waals surface area contributed by atoms with E-state index in [9.17, 15) is 4.79 Å². The molecule has 0 saturated carbocycles. The molecular weight excluding hydrogens is 96.1 g/mol. The van der Waals surface area contributed by atoms with E-state index >= 15 is 0 Å². The molecule has 35 valence electrons. The Labute approximate surface area is 38.4 Å². The molecule has 0 amide bonds. The van der Waals surface area contributed by atoms with Gasteiger partial charge in [0.15, 0.2) is 8.80 Å². The van der Waals surface area contributed by atoms with Crippen LogP contribution in [0.25, 0.3) is 0 Å². The first-order valence-electron chi connectivity index (χ1n) is 1.68. The summed E-state index contributed by atoms with van der Waals surface area (Å²) in [4.78, 5) is 9.74. The highest BCUT2D eigenvalue weighted by Crippen LogP contribution is 1.77. The van der Waals surface area contributed by atoms with Crippen LogP contribution in [0.3, 0.4) is 0 Å². The van der Waals surface area contributed by atoms with Crippen LogP contribution in [-0.4, -0.2) is 19.5 Å². The molecule has 0 aromatic rings. The zero-order valence-electron chi connectivity index (χ0n) is 3.86. The predicted octanol–water partition coefficient (Wildman–Crippen LogP) is 1.00. The van der Waals surface area contributed by atoms with Gasteiger partial charge in [0.05, 0.1) is 0 Å². The van der Waals surface area contributed by atoms with Crippen molar-refractivity contribution >= 4 is 14.4 Å². The van der Waals surface area contributed by atoms with Crippen LogP contribution >= 0.6 is 0 Å². The topological polar surface area (TPSA) is 37.3 Å². The van der Waals surface area contributed by atoms with Crippen molar-refractivity contribution in [1.29, 1.82) is 0 Å². The van der Waals surface area contributed by atoms with Gasteiger partial charge in [-0.25, -0.2) is 0 Å². The highest BCUT2D eigenvalue weighted by Gasteiger charge is 2.02. The summed E-state index contributed by atoms with van der Waals surface area (Å²) in [5.74, 6) is 0. The number of rotatable bonds is 1. The van der Waals surface area contributed by atoms with Gasteiger partial charge in [-0.05, 0) is 0 Å². The third-order valence-corrected chi connectivity index (χ3v) is 1.28. The molecule has 0 bridgehead atoms. The van der Waals surface area contributed by atoms with Gasteiger partial charge in [0, 0.05) is 0 Å². The monoisotopic (exact) mass is 103 g/mol. The van der Waals surface area contributed by atoms with Gasteiger partial charge in [-0.2, -0.15) is 0 Å². The molecule has 2 nitrogen and oxygen atoms in total. The summed E-state index contributed by atoms with van der Waals surface area (Å²) in [6.45, 7) is 3.49. The molecule has 0 rings (SSSR count). The second kappa shape index (κ2) is 1.97. The van der Waals surface area contributed by atoms with Crippen molar-refractivity contribution in [2.45, 2.75) is 13.1 Å². The summed E-state index contributed by atoms with van der Waals surface area (Å²) in [5, 5.41) is 8.04. The zero-order chi connectivity index (χ0) is 5.15. The molecule has 0 unspecified atom stereocenters. The molecule has 0 spiro atoms. The first kappa shape index (κ1) is 5.69. The normalized spacial score (nSPS) is 9.17.